The summed E-state index contributed by atoms with van der Waals surface area (Å²) in [6.45, 7) is 4.14. The number of benzene rings is 2. The standard InChI is InChI=1S/C20H23N3O6S/c1-13-11-23(12-14(2)29-13)30(27,28)16-9-7-15(8-10-16)19(25)21-22-20(26)17-5-3-4-6-18(17)24/h3-10,13-14,24H,11-12H2,1-2H3,(H,21,25)(H,22,26). The van der Waals surface area contributed by atoms with E-state index in [0.29, 0.717) is 0 Å². The zero-order valence-corrected chi connectivity index (χ0v) is 17.3. The number of nitrogens with one attached hydrogen (secondary N) is 2. The van der Waals surface area contributed by atoms with Gasteiger partial charge in [-0.1, -0.05) is 12.1 Å². The van der Waals surface area contributed by atoms with Gasteiger partial charge in [0.25, 0.3) is 11.8 Å². The predicted octanol–water partition coefficient (Wildman–Crippen LogP) is 1.26. The Morgan fingerprint density at radius 1 is 0.967 bits per heavy atom. The van der Waals surface area contributed by atoms with Crippen LogP contribution in [0, 0.1) is 0 Å². The van der Waals surface area contributed by atoms with Gasteiger partial charge in [0.15, 0.2) is 0 Å². The van der Waals surface area contributed by atoms with Gasteiger partial charge in [0.2, 0.25) is 10.0 Å². The highest BCUT2D eigenvalue weighted by molar-refractivity contribution is 7.89. The fraction of sp³-hybridized carbons (Fsp3) is 0.300. The van der Waals surface area contributed by atoms with E-state index in [1.165, 1.54) is 40.7 Å². The Bertz CT molecular complexity index is 1030. The zero-order chi connectivity index (χ0) is 21.9. The molecule has 2 unspecified atom stereocenters. The van der Waals surface area contributed by atoms with Crippen LogP contribution >= 0.6 is 0 Å². The maximum absolute atomic E-state index is 12.9. The first-order valence-electron chi connectivity index (χ1n) is 9.33. The summed E-state index contributed by atoms with van der Waals surface area (Å²) in [5.74, 6) is -1.53. The van der Waals surface area contributed by atoms with Gasteiger partial charge in [0, 0.05) is 18.7 Å². The fourth-order valence-corrected chi connectivity index (χ4v) is 4.76. The van der Waals surface area contributed by atoms with Gasteiger partial charge in [-0.05, 0) is 50.2 Å². The Hall–Kier alpha value is -2.95. The van der Waals surface area contributed by atoms with Gasteiger partial charge < -0.3 is 9.84 Å². The molecular weight excluding hydrogens is 410 g/mol. The Morgan fingerprint density at radius 2 is 1.53 bits per heavy atom. The minimum absolute atomic E-state index is 0.00760. The number of carbonyl (C=O) groups is 2. The molecule has 2 amide bonds. The van der Waals surface area contributed by atoms with Gasteiger partial charge in [0.05, 0.1) is 22.7 Å². The maximum Gasteiger partial charge on any atom is 0.273 e. The summed E-state index contributed by atoms with van der Waals surface area (Å²) >= 11 is 0. The molecular formula is C20H23N3O6S. The quantitative estimate of drug-likeness (QED) is 0.624. The van der Waals surface area contributed by atoms with E-state index in [1.807, 2.05) is 13.8 Å². The highest BCUT2D eigenvalue weighted by atomic mass is 32.2. The van der Waals surface area contributed by atoms with Crippen molar-refractivity contribution in [3.63, 3.8) is 0 Å². The van der Waals surface area contributed by atoms with Crippen molar-refractivity contribution in [2.75, 3.05) is 13.1 Å². The highest BCUT2D eigenvalue weighted by Gasteiger charge is 2.32. The lowest BCUT2D eigenvalue weighted by atomic mass is 10.2. The number of carbonyl (C=O) groups excluding carboxylic acids is 2. The van der Waals surface area contributed by atoms with Crippen LogP contribution in [0.15, 0.2) is 53.4 Å². The molecule has 0 saturated carbocycles. The van der Waals surface area contributed by atoms with Crippen LogP contribution in [0.5, 0.6) is 5.75 Å². The second kappa shape index (κ2) is 8.82. The number of para-hydroxylation sites is 1. The predicted molar refractivity (Wildman–Crippen MR) is 108 cm³/mol. The Labute approximate surface area is 174 Å². The van der Waals surface area contributed by atoms with Crippen molar-refractivity contribution in [3.05, 3.63) is 59.7 Å². The summed E-state index contributed by atoms with van der Waals surface area (Å²) in [4.78, 5) is 24.4. The van der Waals surface area contributed by atoms with E-state index in [4.69, 9.17) is 4.74 Å². The molecule has 0 bridgehead atoms. The summed E-state index contributed by atoms with van der Waals surface area (Å²) in [6, 6.07) is 11.3. The van der Waals surface area contributed by atoms with E-state index in [-0.39, 0.29) is 47.1 Å². The number of phenols is 1. The van der Waals surface area contributed by atoms with Crippen molar-refractivity contribution < 1.29 is 27.9 Å². The molecule has 1 aliphatic rings. The summed E-state index contributed by atoms with van der Waals surface area (Å²) in [7, 11) is -3.71. The molecule has 2 aromatic rings. The molecule has 3 rings (SSSR count). The lowest BCUT2D eigenvalue weighted by Gasteiger charge is -2.34. The van der Waals surface area contributed by atoms with Crippen LogP contribution < -0.4 is 10.9 Å². The first-order valence-corrected chi connectivity index (χ1v) is 10.8. The molecule has 2 atom stereocenters. The Morgan fingerprint density at radius 3 is 2.13 bits per heavy atom. The van der Waals surface area contributed by atoms with Gasteiger partial charge in [-0.25, -0.2) is 8.42 Å². The van der Waals surface area contributed by atoms with E-state index in [1.54, 1.807) is 12.1 Å². The maximum atomic E-state index is 12.9. The van der Waals surface area contributed by atoms with Gasteiger partial charge in [-0.15, -0.1) is 0 Å². The molecule has 2 aromatic carbocycles. The van der Waals surface area contributed by atoms with Crippen molar-refractivity contribution in [2.24, 2.45) is 0 Å². The third kappa shape index (κ3) is 4.78. The van der Waals surface area contributed by atoms with E-state index in [0.717, 1.165) is 0 Å². The van der Waals surface area contributed by atoms with Crippen molar-refractivity contribution in [1.82, 2.24) is 15.2 Å². The number of phenolic OH excluding ortho intramolecular Hbond substituents is 1. The van der Waals surface area contributed by atoms with Crippen LogP contribution in [0.3, 0.4) is 0 Å². The molecule has 1 fully saturated rings. The first kappa shape index (κ1) is 21.8. The minimum atomic E-state index is -3.71. The van der Waals surface area contributed by atoms with Gasteiger partial charge in [-0.2, -0.15) is 4.31 Å². The summed E-state index contributed by atoms with van der Waals surface area (Å²) in [5, 5.41) is 9.67. The molecule has 0 aliphatic carbocycles. The van der Waals surface area contributed by atoms with E-state index in [2.05, 4.69) is 10.9 Å². The topological polar surface area (TPSA) is 125 Å². The molecule has 0 spiro atoms. The van der Waals surface area contributed by atoms with E-state index in [9.17, 15) is 23.1 Å². The molecule has 9 nitrogen and oxygen atoms in total. The second-order valence-corrected chi connectivity index (χ2v) is 8.97. The number of hydrogen-bond acceptors (Lipinski definition) is 6. The summed E-state index contributed by atoms with van der Waals surface area (Å²) in [5.41, 5.74) is 4.61. The highest BCUT2D eigenvalue weighted by Crippen LogP contribution is 2.21. The SMILES string of the molecule is CC1CN(S(=O)(=O)c2ccc(C(=O)NNC(=O)c3ccccc3O)cc2)CC(C)O1. The number of aromatic hydroxyl groups is 1. The monoisotopic (exact) mass is 433 g/mol. The number of rotatable bonds is 4. The van der Waals surface area contributed by atoms with Crippen LogP contribution in [-0.4, -0.2) is 54.9 Å². The van der Waals surface area contributed by atoms with Gasteiger partial charge >= 0.3 is 0 Å². The van der Waals surface area contributed by atoms with E-state index >= 15 is 0 Å². The fourth-order valence-electron chi connectivity index (χ4n) is 3.17. The second-order valence-electron chi connectivity index (χ2n) is 7.03. The third-order valence-electron chi connectivity index (χ3n) is 4.58. The van der Waals surface area contributed by atoms with Crippen LogP contribution in [0.4, 0.5) is 0 Å². The van der Waals surface area contributed by atoms with Crippen LogP contribution in [0.2, 0.25) is 0 Å². The van der Waals surface area contributed by atoms with Crippen LogP contribution in [-0.2, 0) is 14.8 Å². The molecule has 1 heterocycles. The number of amides is 2. The largest absolute Gasteiger partial charge is 0.507 e. The summed E-state index contributed by atoms with van der Waals surface area (Å²) in [6.07, 6.45) is -0.414. The minimum Gasteiger partial charge on any atom is -0.507 e. The van der Waals surface area contributed by atoms with Crippen molar-refractivity contribution in [3.8, 4) is 5.75 Å². The average Bonchev–Trinajstić information content (AvgIpc) is 2.71. The van der Waals surface area contributed by atoms with E-state index < -0.39 is 21.8 Å². The van der Waals surface area contributed by atoms with Crippen LogP contribution in [0.25, 0.3) is 0 Å². The molecule has 0 aromatic heterocycles. The number of sulfonamides is 1. The Balaban J connectivity index is 1.65. The number of hydrazine groups is 1. The van der Waals surface area contributed by atoms with Crippen molar-refractivity contribution >= 4 is 21.8 Å². The van der Waals surface area contributed by atoms with Gasteiger partial charge in [-0.3, -0.25) is 20.4 Å². The normalized spacial score (nSPS) is 19.8. The molecule has 30 heavy (non-hydrogen) atoms. The Kier molecular flexibility index (Phi) is 6.40. The number of hydrogen-bond donors (Lipinski definition) is 3. The average molecular weight is 433 g/mol. The number of morpholine rings is 1. The molecule has 3 N–H and O–H groups in total. The molecule has 160 valence electrons. The first-order chi connectivity index (χ1) is 14.2. The van der Waals surface area contributed by atoms with Crippen molar-refractivity contribution in [1.29, 1.82) is 0 Å². The lowest BCUT2D eigenvalue weighted by Crippen LogP contribution is -2.48. The molecule has 0 radical (unpaired) electrons. The number of nitrogens with zero attached hydrogens (tertiary/aromatic N) is 1. The molecule has 1 aliphatic heterocycles. The molecule has 1 saturated heterocycles. The number of ether oxygens (including phenoxy) is 1. The lowest BCUT2D eigenvalue weighted by molar-refractivity contribution is -0.0440. The molecule has 10 heteroatoms. The van der Waals surface area contributed by atoms with Crippen LogP contribution in [0.1, 0.15) is 34.6 Å². The zero-order valence-electron chi connectivity index (χ0n) is 16.5. The summed E-state index contributed by atoms with van der Waals surface area (Å²) < 4.78 is 32.6. The smallest absolute Gasteiger partial charge is 0.273 e. The van der Waals surface area contributed by atoms with Crippen molar-refractivity contribution in [2.45, 2.75) is 31.0 Å². The third-order valence-corrected chi connectivity index (χ3v) is 6.42. The van der Waals surface area contributed by atoms with Gasteiger partial charge in [0.1, 0.15) is 5.75 Å².